The number of hydrogen-bond acceptors (Lipinski definition) is 4. The summed E-state index contributed by atoms with van der Waals surface area (Å²) in [6.45, 7) is 0.895. The van der Waals surface area contributed by atoms with Crippen LogP contribution in [0.4, 0.5) is 11.4 Å². The number of non-ortho nitro benzene ring substituents is 1. The number of carbonyl (C=O) groups excluding carboxylic acids is 2. The van der Waals surface area contributed by atoms with E-state index in [1.807, 2.05) is 0 Å². The fraction of sp³-hybridized carbons (Fsp3) is 0.300. The highest BCUT2D eigenvalue weighted by molar-refractivity contribution is 6.35. The van der Waals surface area contributed by atoms with Crippen LogP contribution in [0.3, 0.4) is 0 Å². The van der Waals surface area contributed by atoms with Crippen LogP contribution in [-0.2, 0) is 11.2 Å². The number of nitro benzene ring substituents is 1. The van der Waals surface area contributed by atoms with Gasteiger partial charge in [0, 0.05) is 40.8 Å². The molecule has 0 radical (unpaired) electrons. The maximum Gasteiger partial charge on any atom is 0.271 e. The first kappa shape index (κ1) is 19.7. The molecule has 0 aromatic heterocycles. The summed E-state index contributed by atoms with van der Waals surface area (Å²) in [5, 5.41) is 11.8. The van der Waals surface area contributed by atoms with Gasteiger partial charge < -0.3 is 9.80 Å². The first-order chi connectivity index (χ1) is 13.8. The van der Waals surface area contributed by atoms with E-state index in [1.54, 1.807) is 21.9 Å². The van der Waals surface area contributed by atoms with E-state index in [0.717, 1.165) is 5.56 Å². The number of halogens is 2. The Bertz CT molecular complexity index is 1010. The van der Waals surface area contributed by atoms with Gasteiger partial charge >= 0.3 is 0 Å². The highest BCUT2D eigenvalue weighted by Gasteiger charge is 2.39. The molecule has 1 saturated heterocycles. The quantitative estimate of drug-likeness (QED) is 0.538. The summed E-state index contributed by atoms with van der Waals surface area (Å²) in [5.74, 6) is -0.521. The maximum absolute atomic E-state index is 13.3. The second-order valence-electron chi connectivity index (χ2n) is 7.12. The van der Waals surface area contributed by atoms with Gasteiger partial charge in [0.15, 0.2) is 0 Å². The van der Waals surface area contributed by atoms with Gasteiger partial charge in [-0.2, -0.15) is 0 Å². The lowest BCUT2D eigenvalue weighted by molar-refractivity contribution is -0.384. The molecule has 9 heteroatoms. The lowest BCUT2D eigenvalue weighted by Gasteiger charge is -2.28. The van der Waals surface area contributed by atoms with E-state index in [1.165, 1.54) is 24.3 Å². The summed E-state index contributed by atoms with van der Waals surface area (Å²) in [5.41, 5.74) is 1.71. The number of likely N-dealkylation sites (tertiary alicyclic amines) is 1. The molecular formula is C20H17Cl2N3O4. The van der Waals surface area contributed by atoms with Crippen LogP contribution in [0.15, 0.2) is 36.4 Å². The van der Waals surface area contributed by atoms with E-state index < -0.39 is 11.0 Å². The van der Waals surface area contributed by atoms with Crippen molar-refractivity contribution < 1.29 is 14.5 Å². The number of benzene rings is 2. The Morgan fingerprint density at radius 1 is 1.07 bits per heavy atom. The number of amides is 2. The van der Waals surface area contributed by atoms with Crippen LogP contribution in [0.25, 0.3) is 0 Å². The molecule has 1 atom stereocenters. The second kappa shape index (κ2) is 7.65. The number of rotatable bonds is 3. The van der Waals surface area contributed by atoms with Crippen molar-refractivity contribution in [1.29, 1.82) is 0 Å². The highest BCUT2D eigenvalue weighted by atomic mass is 35.5. The topological polar surface area (TPSA) is 83.8 Å². The minimum atomic E-state index is -0.620. The van der Waals surface area contributed by atoms with E-state index in [-0.39, 0.29) is 17.5 Å². The smallest absolute Gasteiger partial charge is 0.271 e. The minimum Gasteiger partial charge on any atom is -0.327 e. The van der Waals surface area contributed by atoms with Crippen molar-refractivity contribution in [1.82, 2.24) is 4.90 Å². The molecule has 4 rings (SSSR count). The third-order valence-corrected chi connectivity index (χ3v) is 5.79. The molecule has 1 unspecified atom stereocenters. The van der Waals surface area contributed by atoms with Gasteiger partial charge in [-0.1, -0.05) is 29.3 Å². The number of fused-ring (bicyclic) bond motifs is 1. The molecule has 7 nitrogen and oxygen atoms in total. The highest BCUT2D eigenvalue weighted by Crippen LogP contribution is 2.34. The summed E-state index contributed by atoms with van der Waals surface area (Å²) in [7, 11) is 0. The van der Waals surface area contributed by atoms with Crippen LogP contribution in [0.1, 0.15) is 28.8 Å². The lowest BCUT2D eigenvalue weighted by atomic mass is 10.1. The fourth-order valence-corrected chi connectivity index (χ4v) is 4.53. The standard InChI is InChI=1S/C20H17Cl2N3O4/c21-14-8-13(9-15(22)10-14)19(26)23-6-1-2-17(23)20(27)24-7-5-12-3-4-16(25(28)29)11-18(12)24/h3-4,8-11,17H,1-2,5-7H2. The minimum absolute atomic E-state index is 0.0589. The Labute approximate surface area is 176 Å². The normalized spacial score (nSPS) is 18.1. The molecule has 0 N–H and O–H groups in total. The van der Waals surface area contributed by atoms with Crippen molar-refractivity contribution >= 4 is 46.4 Å². The molecule has 2 aliphatic heterocycles. The Morgan fingerprint density at radius 2 is 1.79 bits per heavy atom. The largest absolute Gasteiger partial charge is 0.327 e. The zero-order valence-corrected chi connectivity index (χ0v) is 16.8. The third-order valence-electron chi connectivity index (χ3n) is 5.35. The van der Waals surface area contributed by atoms with Gasteiger partial charge in [-0.3, -0.25) is 19.7 Å². The van der Waals surface area contributed by atoms with Gasteiger partial charge in [0.25, 0.3) is 11.6 Å². The molecule has 29 heavy (non-hydrogen) atoms. The van der Waals surface area contributed by atoms with Gasteiger partial charge in [-0.05, 0) is 43.0 Å². The first-order valence-electron chi connectivity index (χ1n) is 9.21. The van der Waals surface area contributed by atoms with Crippen molar-refractivity contribution in [3.8, 4) is 0 Å². The van der Waals surface area contributed by atoms with Gasteiger partial charge in [-0.25, -0.2) is 0 Å². The third kappa shape index (κ3) is 3.68. The molecule has 2 aromatic rings. The molecule has 0 saturated carbocycles. The zero-order chi connectivity index (χ0) is 20.7. The van der Waals surface area contributed by atoms with Crippen LogP contribution < -0.4 is 4.90 Å². The summed E-state index contributed by atoms with van der Waals surface area (Å²) in [6, 6.07) is 8.55. The SMILES string of the molecule is O=C(C1CCCN1C(=O)c1cc(Cl)cc(Cl)c1)N1CCc2ccc([N+](=O)[O-])cc21. The Balaban J connectivity index is 1.60. The average Bonchev–Trinajstić information content (AvgIpc) is 3.32. The average molecular weight is 434 g/mol. The second-order valence-corrected chi connectivity index (χ2v) is 8.00. The number of anilines is 1. The molecule has 2 aromatic carbocycles. The van der Waals surface area contributed by atoms with Crippen molar-refractivity contribution in [3.63, 3.8) is 0 Å². The van der Waals surface area contributed by atoms with E-state index in [4.69, 9.17) is 23.2 Å². The predicted molar refractivity (Wildman–Crippen MR) is 110 cm³/mol. The van der Waals surface area contributed by atoms with Crippen LogP contribution in [-0.4, -0.2) is 40.8 Å². The molecule has 0 bridgehead atoms. The Kier molecular flexibility index (Phi) is 5.19. The van der Waals surface area contributed by atoms with E-state index >= 15 is 0 Å². The fourth-order valence-electron chi connectivity index (χ4n) is 4.00. The van der Waals surface area contributed by atoms with Crippen molar-refractivity contribution in [2.45, 2.75) is 25.3 Å². The monoisotopic (exact) mass is 433 g/mol. The summed E-state index contributed by atoms with van der Waals surface area (Å²) >= 11 is 12.0. The molecule has 2 aliphatic rings. The van der Waals surface area contributed by atoms with E-state index in [0.29, 0.717) is 53.6 Å². The van der Waals surface area contributed by atoms with E-state index in [9.17, 15) is 19.7 Å². The molecule has 0 spiro atoms. The molecule has 2 heterocycles. The number of nitro groups is 1. The van der Waals surface area contributed by atoms with E-state index in [2.05, 4.69) is 0 Å². The molecule has 2 amide bonds. The zero-order valence-electron chi connectivity index (χ0n) is 15.3. The molecule has 150 valence electrons. The van der Waals surface area contributed by atoms with Crippen molar-refractivity contribution in [3.05, 3.63) is 67.7 Å². The molecule has 0 aliphatic carbocycles. The Hall–Kier alpha value is -2.64. The van der Waals surface area contributed by atoms with Crippen LogP contribution in [0, 0.1) is 10.1 Å². The summed E-state index contributed by atoms with van der Waals surface area (Å²) in [6.07, 6.45) is 1.87. The van der Waals surface area contributed by atoms with Crippen LogP contribution in [0.5, 0.6) is 0 Å². The number of hydrogen-bond donors (Lipinski definition) is 0. The van der Waals surface area contributed by atoms with Crippen molar-refractivity contribution in [2.75, 3.05) is 18.0 Å². The molecular weight excluding hydrogens is 417 g/mol. The predicted octanol–water partition coefficient (Wildman–Crippen LogP) is 4.10. The van der Waals surface area contributed by atoms with Gasteiger partial charge in [-0.15, -0.1) is 0 Å². The van der Waals surface area contributed by atoms with Crippen molar-refractivity contribution in [2.24, 2.45) is 0 Å². The maximum atomic E-state index is 13.3. The first-order valence-corrected chi connectivity index (χ1v) is 9.96. The lowest BCUT2D eigenvalue weighted by Crippen LogP contribution is -2.47. The number of carbonyl (C=O) groups is 2. The number of nitrogens with zero attached hydrogens (tertiary/aromatic N) is 3. The van der Waals surface area contributed by atoms with Crippen LogP contribution in [0.2, 0.25) is 10.0 Å². The Morgan fingerprint density at radius 3 is 2.48 bits per heavy atom. The summed E-state index contributed by atoms with van der Waals surface area (Å²) in [4.78, 5) is 40.0. The van der Waals surface area contributed by atoms with Gasteiger partial charge in [0.2, 0.25) is 5.91 Å². The molecule has 1 fully saturated rings. The van der Waals surface area contributed by atoms with Gasteiger partial charge in [0.1, 0.15) is 6.04 Å². The van der Waals surface area contributed by atoms with Crippen LogP contribution >= 0.6 is 23.2 Å². The van der Waals surface area contributed by atoms with Gasteiger partial charge in [0.05, 0.1) is 10.6 Å². The summed E-state index contributed by atoms with van der Waals surface area (Å²) < 4.78 is 0.